The molecule has 0 bridgehead atoms. The van der Waals surface area contributed by atoms with Crippen molar-refractivity contribution in [3.8, 4) is 0 Å². The average molecular weight is 429 g/mol. The predicted octanol–water partition coefficient (Wildman–Crippen LogP) is 7.45. The minimum absolute atomic E-state index is 0.162. The molecule has 0 saturated carbocycles. The number of nitrogens with one attached hydrogen (secondary N) is 2. The number of carbonyl (C=O) groups is 1. The van der Waals surface area contributed by atoms with Crippen LogP contribution in [-0.4, -0.2) is 12.6 Å². The van der Waals surface area contributed by atoms with Crippen molar-refractivity contribution in [1.82, 2.24) is 5.32 Å². The van der Waals surface area contributed by atoms with Gasteiger partial charge in [-0.25, -0.2) is 4.79 Å². The van der Waals surface area contributed by atoms with Gasteiger partial charge in [0.15, 0.2) is 0 Å². The van der Waals surface area contributed by atoms with Crippen LogP contribution in [0.15, 0.2) is 78.9 Å². The highest BCUT2D eigenvalue weighted by molar-refractivity contribution is 5.91. The van der Waals surface area contributed by atoms with Crippen LogP contribution in [0.3, 0.4) is 0 Å². The Morgan fingerprint density at radius 3 is 1.62 bits per heavy atom. The highest BCUT2D eigenvalue weighted by Gasteiger charge is 2.33. The van der Waals surface area contributed by atoms with Gasteiger partial charge in [0, 0.05) is 17.6 Å². The largest absolute Gasteiger partial charge is 0.337 e. The fraction of sp³-hybridized carbons (Fsp3) is 0.345. The van der Waals surface area contributed by atoms with Gasteiger partial charge in [-0.1, -0.05) is 113 Å². The van der Waals surface area contributed by atoms with Crippen LogP contribution in [0.4, 0.5) is 10.5 Å². The summed E-state index contributed by atoms with van der Waals surface area (Å²) < 4.78 is 0. The first-order valence-electron chi connectivity index (χ1n) is 11.7. The minimum atomic E-state index is -0.293. The molecule has 0 spiro atoms. The Morgan fingerprint density at radius 2 is 1.22 bits per heavy atom. The zero-order valence-electron chi connectivity index (χ0n) is 20.0. The molecule has 3 rings (SSSR count). The molecule has 0 atom stereocenters. The van der Waals surface area contributed by atoms with Gasteiger partial charge in [0.25, 0.3) is 0 Å². The third-order valence-corrected chi connectivity index (χ3v) is 6.42. The van der Waals surface area contributed by atoms with Gasteiger partial charge < -0.3 is 10.6 Å². The molecule has 0 fully saturated rings. The third-order valence-electron chi connectivity index (χ3n) is 6.42. The zero-order chi connectivity index (χ0) is 23.1. The van der Waals surface area contributed by atoms with E-state index in [9.17, 15) is 4.79 Å². The molecule has 3 nitrogen and oxygen atoms in total. The van der Waals surface area contributed by atoms with Crippen LogP contribution in [0, 0.1) is 0 Å². The molecule has 0 aliphatic carbocycles. The maximum absolute atomic E-state index is 13.2. The first-order chi connectivity index (χ1) is 15.4. The van der Waals surface area contributed by atoms with Gasteiger partial charge in [0.2, 0.25) is 0 Å². The topological polar surface area (TPSA) is 41.1 Å². The molecule has 0 heterocycles. The van der Waals surface area contributed by atoms with Crippen molar-refractivity contribution < 1.29 is 4.79 Å². The van der Waals surface area contributed by atoms with Crippen LogP contribution in [0.2, 0.25) is 0 Å². The summed E-state index contributed by atoms with van der Waals surface area (Å²) in [5, 5.41) is 6.39. The lowest BCUT2D eigenvalue weighted by atomic mass is 9.72. The van der Waals surface area contributed by atoms with Crippen molar-refractivity contribution in [2.75, 3.05) is 11.9 Å². The molecule has 3 heteroatoms. The van der Waals surface area contributed by atoms with Gasteiger partial charge in [-0.2, -0.15) is 0 Å². The number of benzene rings is 3. The van der Waals surface area contributed by atoms with E-state index in [1.54, 1.807) is 0 Å². The smallest absolute Gasteiger partial charge is 0.319 e. The first-order valence-corrected chi connectivity index (χ1v) is 11.7. The van der Waals surface area contributed by atoms with E-state index in [-0.39, 0.29) is 11.4 Å². The monoisotopic (exact) mass is 428 g/mol. The second kappa shape index (κ2) is 10.5. The predicted molar refractivity (Wildman–Crippen MR) is 136 cm³/mol. The van der Waals surface area contributed by atoms with Crippen LogP contribution < -0.4 is 10.6 Å². The van der Waals surface area contributed by atoms with Gasteiger partial charge in [0.05, 0.1) is 0 Å². The molecule has 2 amide bonds. The second-order valence-electron chi connectivity index (χ2n) is 9.10. The van der Waals surface area contributed by atoms with Crippen molar-refractivity contribution in [3.63, 3.8) is 0 Å². The number of amides is 2. The number of para-hydroxylation sites is 1. The number of hydrogen-bond acceptors (Lipinski definition) is 1. The van der Waals surface area contributed by atoms with E-state index in [1.807, 2.05) is 12.1 Å². The Bertz CT molecular complexity index is 944. The molecule has 0 aliphatic rings. The van der Waals surface area contributed by atoms with E-state index in [4.69, 9.17) is 0 Å². The summed E-state index contributed by atoms with van der Waals surface area (Å²) in [6, 6.07) is 27.1. The van der Waals surface area contributed by atoms with Crippen molar-refractivity contribution in [2.45, 2.75) is 58.3 Å². The molecule has 3 aromatic carbocycles. The Morgan fingerprint density at radius 1 is 0.750 bits per heavy atom. The SMILES string of the molecule is CCC(CNC(=O)Nc1c(C(C)C)cccc1C(C)C)(c1ccccc1)c1ccccc1. The van der Waals surface area contributed by atoms with Gasteiger partial charge in [-0.05, 0) is 40.5 Å². The molecule has 0 aliphatic heterocycles. The molecule has 3 aromatic rings. The standard InChI is InChI=1S/C29H36N2O/c1-6-29(23-14-9-7-10-15-23,24-16-11-8-12-17-24)20-30-28(32)31-27-25(21(2)3)18-13-19-26(27)22(4)5/h7-19,21-22H,6,20H2,1-5H3,(H2,30,31,32). The molecule has 0 aromatic heterocycles. The zero-order valence-corrected chi connectivity index (χ0v) is 20.0. The molecule has 32 heavy (non-hydrogen) atoms. The number of anilines is 1. The number of urea groups is 1. The summed E-state index contributed by atoms with van der Waals surface area (Å²) in [6.45, 7) is 11.4. The van der Waals surface area contributed by atoms with Crippen molar-refractivity contribution in [3.05, 3.63) is 101 Å². The Labute approximate surface area is 193 Å². The lowest BCUT2D eigenvalue weighted by molar-refractivity contribution is 0.249. The second-order valence-corrected chi connectivity index (χ2v) is 9.10. The van der Waals surface area contributed by atoms with Crippen LogP contribution in [0.5, 0.6) is 0 Å². The lowest BCUT2D eigenvalue weighted by Gasteiger charge is -2.34. The molecule has 0 unspecified atom stereocenters. The summed E-state index contributed by atoms with van der Waals surface area (Å²) in [5.41, 5.74) is 5.40. The molecular weight excluding hydrogens is 392 g/mol. The molecule has 2 N–H and O–H groups in total. The van der Waals surface area contributed by atoms with Crippen molar-refractivity contribution in [1.29, 1.82) is 0 Å². The van der Waals surface area contributed by atoms with E-state index in [0.29, 0.717) is 18.4 Å². The third kappa shape index (κ3) is 5.04. The van der Waals surface area contributed by atoms with E-state index >= 15 is 0 Å². The summed E-state index contributed by atoms with van der Waals surface area (Å²) >= 11 is 0. The summed E-state index contributed by atoms with van der Waals surface area (Å²) in [6.07, 6.45) is 0.876. The Kier molecular flexibility index (Phi) is 7.74. The Balaban J connectivity index is 1.89. The van der Waals surface area contributed by atoms with Crippen LogP contribution >= 0.6 is 0 Å². The van der Waals surface area contributed by atoms with Gasteiger partial charge in [-0.3, -0.25) is 0 Å². The van der Waals surface area contributed by atoms with Crippen LogP contribution in [-0.2, 0) is 5.41 Å². The van der Waals surface area contributed by atoms with Crippen LogP contribution in [0.1, 0.15) is 75.1 Å². The van der Waals surface area contributed by atoms with E-state index in [0.717, 1.165) is 12.1 Å². The van der Waals surface area contributed by atoms with E-state index in [1.165, 1.54) is 22.3 Å². The molecular formula is C29H36N2O. The van der Waals surface area contributed by atoms with Crippen molar-refractivity contribution >= 4 is 11.7 Å². The van der Waals surface area contributed by atoms with Gasteiger partial charge in [-0.15, -0.1) is 0 Å². The maximum atomic E-state index is 13.2. The fourth-order valence-corrected chi connectivity index (χ4v) is 4.50. The fourth-order valence-electron chi connectivity index (χ4n) is 4.50. The van der Waals surface area contributed by atoms with E-state index in [2.05, 4.69) is 112 Å². The number of rotatable bonds is 8. The van der Waals surface area contributed by atoms with Crippen molar-refractivity contribution in [2.24, 2.45) is 0 Å². The van der Waals surface area contributed by atoms with E-state index < -0.39 is 0 Å². The highest BCUT2D eigenvalue weighted by Crippen LogP contribution is 2.36. The molecule has 0 radical (unpaired) electrons. The normalized spacial score (nSPS) is 11.6. The summed E-state index contributed by atoms with van der Waals surface area (Å²) in [4.78, 5) is 13.2. The maximum Gasteiger partial charge on any atom is 0.319 e. The average Bonchev–Trinajstić information content (AvgIpc) is 2.81. The number of hydrogen-bond donors (Lipinski definition) is 2. The number of carbonyl (C=O) groups excluding carboxylic acids is 1. The summed E-state index contributed by atoms with van der Waals surface area (Å²) in [7, 11) is 0. The quantitative estimate of drug-likeness (QED) is 0.384. The first kappa shape index (κ1) is 23.6. The van der Waals surface area contributed by atoms with Gasteiger partial charge >= 0.3 is 6.03 Å². The summed E-state index contributed by atoms with van der Waals surface area (Å²) in [5.74, 6) is 0.653. The van der Waals surface area contributed by atoms with Crippen LogP contribution in [0.25, 0.3) is 0 Å². The van der Waals surface area contributed by atoms with Gasteiger partial charge in [0.1, 0.15) is 0 Å². The Hall–Kier alpha value is -3.07. The molecule has 0 saturated heterocycles. The highest BCUT2D eigenvalue weighted by atomic mass is 16.2. The molecule has 168 valence electrons. The minimum Gasteiger partial charge on any atom is -0.337 e. The lowest BCUT2D eigenvalue weighted by Crippen LogP contribution is -2.43.